The maximum atomic E-state index is 8.63. The van der Waals surface area contributed by atoms with Crippen LogP contribution < -0.4 is 5.49 Å². The summed E-state index contributed by atoms with van der Waals surface area (Å²) in [5.41, 5.74) is 3.16. The molecule has 84 valence electrons. The van der Waals surface area contributed by atoms with Crippen LogP contribution in [0.15, 0.2) is 53.7 Å². The van der Waals surface area contributed by atoms with Gasteiger partial charge in [-0.3, -0.25) is 0 Å². The van der Waals surface area contributed by atoms with Crippen LogP contribution in [0.25, 0.3) is 0 Å². The summed E-state index contributed by atoms with van der Waals surface area (Å²) in [6.07, 6.45) is 3.76. The predicted octanol–water partition coefficient (Wildman–Crippen LogP) is 2.23. The molecular formula is C14H13N3. The van der Waals surface area contributed by atoms with Crippen molar-refractivity contribution >= 4 is 0 Å². The highest BCUT2D eigenvalue weighted by Gasteiger charge is 1.98. The number of aryl methyl sites for hydroxylation is 1. The molecule has 2 rings (SSSR count). The second-order valence-electron chi connectivity index (χ2n) is 3.83. The second kappa shape index (κ2) is 5.13. The molecule has 0 aliphatic carbocycles. The minimum Gasteiger partial charge on any atom is -0.328 e. The van der Waals surface area contributed by atoms with Crippen molar-refractivity contribution in [2.45, 2.75) is 13.5 Å². The van der Waals surface area contributed by atoms with E-state index in [4.69, 9.17) is 5.26 Å². The molecule has 0 spiro atoms. The SMILES string of the molecule is Cc1ccccc1Cn1ccccc1=NC#N. The summed E-state index contributed by atoms with van der Waals surface area (Å²) in [6, 6.07) is 13.9. The normalized spacial score (nSPS) is 11.2. The molecule has 0 saturated heterocycles. The Morgan fingerprint density at radius 1 is 1.18 bits per heavy atom. The summed E-state index contributed by atoms with van der Waals surface area (Å²) in [4.78, 5) is 3.80. The molecule has 1 aromatic heterocycles. The van der Waals surface area contributed by atoms with Crippen LogP contribution in [0, 0.1) is 18.4 Å². The zero-order valence-corrected chi connectivity index (χ0v) is 9.67. The lowest BCUT2D eigenvalue weighted by molar-refractivity contribution is 0.740. The first-order valence-electron chi connectivity index (χ1n) is 5.44. The van der Waals surface area contributed by atoms with Crippen LogP contribution in [0.5, 0.6) is 0 Å². The van der Waals surface area contributed by atoms with Gasteiger partial charge in [0.05, 0.1) is 0 Å². The quantitative estimate of drug-likeness (QED) is 0.720. The summed E-state index contributed by atoms with van der Waals surface area (Å²) in [5.74, 6) is 0. The molecule has 0 unspecified atom stereocenters. The van der Waals surface area contributed by atoms with Crippen molar-refractivity contribution in [2.24, 2.45) is 4.99 Å². The van der Waals surface area contributed by atoms with E-state index >= 15 is 0 Å². The van der Waals surface area contributed by atoms with Gasteiger partial charge in [-0.05, 0) is 30.2 Å². The number of benzene rings is 1. The van der Waals surface area contributed by atoms with Gasteiger partial charge in [0.1, 0.15) is 5.49 Å². The van der Waals surface area contributed by atoms with Crippen molar-refractivity contribution in [2.75, 3.05) is 0 Å². The lowest BCUT2D eigenvalue weighted by atomic mass is 10.1. The van der Waals surface area contributed by atoms with Crippen molar-refractivity contribution in [3.05, 3.63) is 65.3 Å². The van der Waals surface area contributed by atoms with Gasteiger partial charge >= 0.3 is 0 Å². The van der Waals surface area contributed by atoms with E-state index in [-0.39, 0.29) is 0 Å². The van der Waals surface area contributed by atoms with Gasteiger partial charge in [-0.1, -0.05) is 30.3 Å². The van der Waals surface area contributed by atoms with Crippen LogP contribution in [-0.4, -0.2) is 4.57 Å². The van der Waals surface area contributed by atoms with Crippen LogP contribution in [0.4, 0.5) is 0 Å². The van der Waals surface area contributed by atoms with E-state index in [1.807, 2.05) is 47.3 Å². The van der Waals surface area contributed by atoms with Gasteiger partial charge in [0, 0.05) is 12.7 Å². The molecular weight excluding hydrogens is 210 g/mol. The first-order valence-corrected chi connectivity index (χ1v) is 5.44. The molecule has 0 fully saturated rings. The number of nitrogens with zero attached hydrogens (tertiary/aromatic N) is 3. The topological polar surface area (TPSA) is 41.1 Å². The summed E-state index contributed by atoms with van der Waals surface area (Å²) < 4.78 is 1.96. The Morgan fingerprint density at radius 3 is 2.71 bits per heavy atom. The van der Waals surface area contributed by atoms with Crippen LogP contribution in [0.1, 0.15) is 11.1 Å². The molecule has 2 aromatic rings. The van der Waals surface area contributed by atoms with E-state index in [9.17, 15) is 0 Å². The lowest BCUT2D eigenvalue weighted by Gasteiger charge is -2.09. The average molecular weight is 223 g/mol. The standard InChI is InChI=1S/C14H13N3/c1-12-6-2-3-7-13(12)10-17-9-5-4-8-14(17)16-11-15/h2-9H,10H2,1H3. The fourth-order valence-corrected chi connectivity index (χ4v) is 1.72. The molecule has 3 nitrogen and oxygen atoms in total. The monoisotopic (exact) mass is 223 g/mol. The van der Waals surface area contributed by atoms with Crippen molar-refractivity contribution in [3.8, 4) is 6.19 Å². The molecule has 17 heavy (non-hydrogen) atoms. The molecule has 1 aromatic carbocycles. The third-order valence-electron chi connectivity index (χ3n) is 2.68. The largest absolute Gasteiger partial charge is 0.328 e. The number of rotatable bonds is 2. The Morgan fingerprint density at radius 2 is 1.94 bits per heavy atom. The zero-order valence-electron chi connectivity index (χ0n) is 9.67. The smallest absolute Gasteiger partial charge is 0.207 e. The van der Waals surface area contributed by atoms with Gasteiger partial charge in [0.2, 0.25) is 6.19 Å². The molecule has 0 aliphatic rings. The Labute approximate surface area is 100 Å². The number of hydrogen-bond donors (Lipinski definition) is 0. The van der Waals surface area contributed by atoms with Crippen LogP contribution in [-0.2, 0) is 6.54 Å². The molecule has 0 atom stereocenters. The van der Waals surface area contributed by atoms with Gasteiger partial charge in [0.25, 0.3) is 0 Å². The summed E-state index contributed by atoms with van der Waals surface area (Å²) >= 11 is 0. The molecule has 1 heterocycles. The van der Waals surface area contributed by atoms with E-state index in [1.54, 1.807) is 0 Å². The van der Waals surface area contributed by atoms with E-state index in [1.165, 1.54) is 11.1 Å². The molecule has 0 radical (unpaired) electrons. The van der Waals surface area contributed by atoms with E-state index in [2.05, 4.69) is 24.0 Å². The number of pyridine rings is 1. The Hall–Kier alpha value is -2.34. The highest BCUT2D eigenvalue weighted by atomic mass is 15.0. The third kappa shape index (κ3) is 2.61. The number of hydrogen-bond acceptors (Lipinski definition) is 2. The molecule has 0 amide bonds. The van der Waals surface area contributed by atoms with Crippen molar-refractivity contribution in [1.82, 2.24) is 4.57 Å². The highest BCUT2D eigenvalue weighted by Crippen LogP contribution is 2.07. The first-order chi connectivity index (χ1) is 8.31. The van der Waals surface area contributed by atoms with Crippen LogP contribution in [0.2, 0.25) is 0 Å². The summed E-state index contributed by atoms with van der Waals surface area (Å²) in [7, 11) is 0. The molecule has 0 saturated carbocycles. The Kier molecular flexibility index (Phi) is 3.37. The van der Waals surface area contributed by atoms with E-state index in [0.717, 1.165) is 6.54 Å². The number of nitriles is 1. The molecule has 0 bridgehead atoms. The molecule has 3 heteroatoms. The fourth-order valence-electron chi connectivity index (χ4n) is 1.72. The zero-order chi connectivity index (χ0) is 12.1. The average Bonchev–Trinajstić information content (AvgIpc) is 2.35. The summed E-state index contributed by atoms with van der Waals surface area (Å²) in [6.45, 7) is 2.81. The first kappa shape index (κ1) is 11.2. The lowest BCUT2D eigenvalue weighted by Crippen LogP contribution is -2.20. The number of aromatic nitrogens is 1. The van der Waals surface area contributed by atoms with Crippen LogP contribution in [0.3, 0.4) is 0 Å². The fraction of sp³-hybridized carbons (Fsp3) is 0.143. The molecule has 0 aliphatic heterocycles. The maximum absolute atomic E-state index is 8.63. The van der Waals surface area contributed by atoms with Crippen molar-refractivity contribution in [1.29, 1.82) is 5.26 Å². The van der Waals surface area contributed by atoms with Gasteiger partial charge in [-0.25, -0.2) is 0 Å². The van der Waals surface area contributed by atoms with E-state index in [0.29, 0.717) is 5.49 Å². The van der Waals surface area contributed by atoms with E-state index < -0.39 is 0 Å². The summed E-state index contributed by atoms with van der Waals surface area (Å²) in [5, 5.41) is 8.63. The van der Waals surface area contributed by atoms with Gasteiger partial charge < -0.3 is 4.57 Å². The third-order valence-corrected chi connectivity index (χ3v) is 2.68. The van der Waals surface area contributed by atoms with Gasteiger partial charge in [-0.2, -0.15) is 10.3 Å². The molecule has 0 N–H and O–H groups in total. The van der Waals surface area contributed by atoms with Gasteiger partial charge in [-0.15, -0.1) is 0 Å². The predicted molar refractivity (Wildman–Crippen MR) is 65.9 cm³/mol. The van der Waals surface area contributed by atoms with Crippen molar-refractivity contribution in [3.63, 3.8) is 0 Å². The Balaban J connectivity index is 2.41. The minimum absolute atomic E-state index is 0.679. The minimum atomic E-state index is 0.679. The second-order valence-corrected chi connectivity index (χ2v) is 3.83. The van der Waals surface area contributed by atoms with Gasteiger partial charge in [0.15, 0.2) is 0 Å². The van der Waals surface area contributed by atoms with Crippen LogP contribution >= 0.6 is 0 Å². The van der Waals surface area contributed by atoms with Crippen molar-refractivity contribution < 1.29 is 0 Å². The highest BCUT2D eigenvalue weighted by molar-refractivity contribution is 5.25. The maximum Gasteiger partial charge on any atom is 0.207 e. The Bertz CT molecular complexity index is 618.